The minimum absolute atomic E-state index is 0.138. The van der Waals surface area contributed by atoms with Gasteiger partial charge in [-0.15, -0.1) is 16.9 Å². The van der Waals surface area contributed by atoms with Gasteiger partial charge in [-0.1, -0.05) is 31.1 Å². The Morgan fingerprint density at radius 3 is 2.60 bits per heavy atom. The molecule has 0 aliphatic carbocycles. The fourth-order valence-electron chi connectivity index (χ4n) is 1.66. The van der Waals surface area contributed by atoms with Gasteiger partial charge in [-0.05, 0) is 17.7 Å². The van der Waals surface area contributed by atoms with E-state index in [0.29, 0.717) is 17.6 Å². The molecule has 0 aliphatic heterocycles. The number of anilines is 1. The molecular formula is C14H17N3O2S. The molecule has 0 bridgehead atoms. The average Bonchev–Trinajstić information content (AvgIpc) is 2.77. The third kappa shape index (κ3) is 4.38. The standard InChI is InChI=1S/C14H17N3O2S/c1-9(2)20-12-6-4-11(5-7-12)8-13-16-17-14(19-13)15-10(3)18/h4-7,9H,8H2,1-3H3,(H,15,17,18). The third-order valence-corrected chi connectivity index (χ3v) is 3.42. The highest BCUT2D eigenvalue weighted by atomic mass is 32.2. The number of benzene rings is 1. The molecule has 1 aromatic heterocycles. The van der Waals surface area contributed by atoms with Crippen LogP contribution in [0.5, 0.6) is 0 Å². The number of aromatic nitrogens is 2. The van der Waals surface area contributed by atoms with Crippen molar-refractivity contribution in [3.05, 3.63) is 35.7 Å². The summed E-state index contributed by atoms with van der Waals surface area (Å²) in [6.45, 7) is 5.73. The third-order valence-electron chi connectivity index (χ3n) is 2.40. The second-order valence-corrected chi connectivity index (χ2v) is 6.32. The van der Waals surface area contributed by atoms with Crippen molar-refractivity contribution >= 4 is 23.7 Å². The van der Waals surface area contributed by atoms with Crippen LogP contribution in [0, 0.1) is 0 Å². The monoisotopic (exact) mass is 291 g/mol. The summed E-state index contributed by atoms with van der Waals surface area (Å²) < 4.78 is 5.33. The summed E-state index contributed by atoms with van der Waals surface area (Å²) in [6.07, 6.45) is 0.555. The molecule has 1 amide bonds. The number of amides is 1. The Morgan fingerprint density at radius 2 is 2.00 bits per heavy atom. The Balaban J connectivity index is 1.99. The number of rotatable bonds is 5. The fourth-order valence-corrected chi connectivity index (χ4v) is 2.50. The Bertz CT molecular complexity index is 578. The maximum atomic E-state index is 10.9. The van der Waals surface area contributed by atoms with Crippen LogP contribution < -0.4 is 5.32 Å². The van der Waals surface area contributed by atoms with E-state index in [9.17, 15) is 4.79 Å². The van der Waals surface area contributed by atoms with Crippen LogP contribution in [0.4, 0.5) is 6.01 Å². The van der Waals surface area contributed by atoms with Crippen molar-refractivity contribution in [3.63, 3.8) is 0 Å². The summed E-state index contributed by atoms with van der Waals surface area (Å²) in [4.78, 5) is 12.1. The largest absolute Gasteiger partial charge is 0.407 e. The summed E-state index contributed by atoms with van der Waals surface area (Å²) in [5.74, 6) is 0.258. The van der Waals surface area contributed by atoms with Crippen LogP contribution in [0.15, 0.2) is 33.6 Å². The van der Waals surface area contributed by atoms with Gasteiger partial charge in [0.25, 0.3) is 0 Å². The van der Waals surface area contributed by atoms with Gasteiger partial charge in [0, 0.05) is 17.1 Å². The molecule has 0 aliphatic rings. The highest BCUT2D eigenvalue weighted by molar-refractivity contribution is 7.99. The lowest BCUT2D eigenvalue weighted by Gasteiger charge is -2.05. The van der Waals surface area contributed by atoms with Crippen LogP contribution in [-0.4, -0.2) is 21.4 Å². The zero-order chi connectivity index (χ0) is 14.5. The molecule has 1 aromatic carbocycles. The number of nitrogens with one attached hydrogen (secondary N) is 1. The van der Waals surface area contributed by atoms with Crippen LogP contribution in [0.1, 0.15) is 32.2 Å². The topological polar surface area (TPSA) is 68.0 Å². The lowest BCUT2D eigenvalue weighted by molar-refractivity contribution is -0.114. The summed E-state index contributed by atoms with van der Waals surface area (Å²) in [5.41, 5.74) is 1.09. The number of nitrogens with zero attached hydrogens (tertiary/aromatic N) is 2. The van der Waals surface area contributed by atoms with Gasteiger partial charge >= 0.3 is 6.01 Å². The highest BCUT2D eigenvalue weighted by Gasteiger charge is 2.08. The van der Waals surface area contributed by atoms with Crippen molar-refractivity contribution in [1.82, 2.24) is 10.2 Å². The molecule has 0 atom stereocenters. The van der Waals surface area contributed by atoms with Gasteiger partial charge in [0.15, 0.2) is 0 Å². The first kappa shape index (κ1) is 14.6. The Labute approximate surface area is 122 Å². The molecule has 1 N–H and O–H groups in total. The van der Waals surface area contributed by atoms with Gasteiger partial charge in [-0.25, -0.2) is 0 Å². The lowest BCUT2D eigenvalue weighted by atomic mass is 10.1. The Kier molecular flexibility index (Phi) is 4.79. The quantitative estimate of drug-likeness (QED) is 0.857. The summed E-state index contributed by atoms with van der Waals surface area (Å²) in [5, 5.41) is 10.7. The maximum absolute atomic E-state index is 10.9. The summed E-state index contributed by atoms with van der Waals surface area (Å²) in [6, 6.07) is 8.41. The number of carbonyl (C=O) groups is 1. The minimum Gasteiger partial charge on any atom is -0.407 e. The van der Waals surface area contributed by atoms with E-state index in [1.54, 1.807) is 0 Å². The maximum Gasteiger partial charge on any atom is 0.322 e. The highest BCUT2D eigenvalue weighted by Crippen LogP contribution is 2.23. The van der Waals surface area contributed by atoms with E-state index in [1.807, 2.05) is 23.9 Å². The molecule has 0 spiro atoms. The summed E-state index contributed by atoms with van der Waals surface area (Å²) in [7, 11) is 0. The molecule has 6 heteroatoms. The van der Waals surface area contributed by atoms with Gasteiger partial charge in [0.1, 0.15) is 0 Å². The summed E-state index contributed by atoms with van der Waals surface area (Å²) >= 11 is 1.83. The number of thioether (sulfide) groups is 1. The smallest absolute Gasteiger partial charge is 0.322 e. The van der Waals surface area contributed by atoms with Gasteiger partial charge in [-0.3, -0.25) is 10.1 Å². The molecule has 2 aromatic rings. The van der Waals surface area contributed by atoms with Gasteiger partial charge < -0.3 is 4.42 Å². The van der Waals surface area contributed by atoms with Crippen molar-refractivity contribution in [1.29, 1.82) is 0 Å². The lowest BCUT2D eigenvalue weighted by Crippen LogP contribution is -2.05. The first-order valence-corrected chi connectivity index (χ1v) is 7.26. The molecule has 0 saturated carbocycles. The van der Waals surface area contributed by atoms with E-state index < -0.39 is 0 Å². The zero-order valence-corrected chi connectivity index (χ0v) is 12.5. The number of hydrogen-bond donors (Lipinski definition) is 1. The molecule has 0 fully saturated rings. The van der Waals surface area contributed by atoms with Gasteiger partial charge in [-0.2, -0.15) is 0 Å². The normalized spacial score (nSPS) is 10.8. The van der Waals surface area contributed by atoms with E-state index in [1.165, 1.54) is 11.8 Å². The molecule has 5 nitrogen and oxygen atoms in total. The molecule has 20 heavy (non-hydrogen) atoms. The molecular weight excluding hydrogens is 274 g/mol. The molecule has 1 heterocycles. The van der Waals surface area contributed by atoms with Crippen LogP contribution >= 0.6 is 11.8 Å². The fraction of sp³-hybridized carbons (Fsp3) is 0.357. The molecule has 2 rings (SSSR count). The van der Waals surface area contributed by atoms with Crippen LogP contribution in [0.25, 0.3) is 0 Å². The van der Waals surface area contributed by atoms with Gasteiger partial charge in [0.05, 0.1) is 6.42 Å². The first-order valence-electron chi connectivity index (χ1n) is 6.38. The van der Waals surface area contributed by atoms with E-state index >= 15 is 0 Å². The van der Waals surface area contributed by atoms with E-state index in [2.05, 4.69) is 41.5 Å². The predicted octanol–water partition coefficient (Wildman–Crippen LogP) is 3.12. The SMILES string of the molecule is CC(=O)Nc1nnc(Cc2ccc(SC(C)C)cc2)o1. The van der Waals surface area contributed by atoms with Crippen LogP contribution in [0.3, 0.4) is 0 Å². The molecule has 0 unspecified atom stereocenters. The zero-order valence-electron chi connectivity index (χ0n) is 11.7. The first-order chi connectivity index (χ1) is 9.52. The molecule has 0 radical (unpaired) electrons. The van der Waals surface area contributed by atoms with E-state index in [0.717, 1.165) is 5.56 Å². The second kappa shape index (κ2) is 6.56. The molecule has 0 saturated heterocycles. The Morgan fingerprint density at radius 1 is 1.30 bits per heavy atom. The van der Waals surface area contributed by atoms with Crippen molar-refractivity contribution in [2.24, 2.45) is 0 Å². The second-order valence-electron chi connectivity index (χ2n) is 4.67. The Hall–Kier alpha value is -1.82. The minimum atomic E-state index is -0.227. The predicted molar refractivity (Wildman–Crippen MR) is 78.8 cm³/mol. The van der Waals surface area contributed by atoms with Crippen LogP contribution in [-0.2, 0) is 11.2 Å². The number of hydrogen-bond acceptors (Lipinski definition) is 5. The van der Waals surface area contributed by atoms with Crippen molar-refractivity contribution in [2.75, 3.05) is 5.32 Å². The van der Waals surface area contributed by atoms with Crippen LogP contribution in [0.2, 0.25) is 0 Å². The van der Waals surface area contributed by atoms with Crippen molar-refractivity contribution in [2.45, 2.75) is 37.3 Å². The average molecular weight is 291 g/mol. The van der Waals surface area contributed by atoms with Crippen molar-refractivity contribution < 1.29 is 9.21 Å². The van der Waals surface area contributed by atoms with Gasteiger partial charge in [0.2, 0.25) is 11.8 Å². The van der Waals surface area contributed by atoms with E-state index in [4.69, 9.17) is 4.42 Å². The van der Waals surface area contributed by atoms with E-state index in [-0.39, 0.29) is 11.9 Å². The van der Waals surface area contributed by atoms with Crippen molar-refractivity contribution in [3.8, 4) is 0 Å². The number of carbonyl (C=O) groups excluding carboxylic acids is 1. The molecule has 106 valence electrons.